The van der Waals surface area contributed by atoms with Crippen molar-refractivity contribution in [3.05, 3.63) is 71.8 Å². The molecule has 0 saturated heterocycles. The average molecular weight is 306 g/mol. The Balaban J connectivity index is 1.81. The maximum atomic E-state index is 12.3. The summed E-state index contributed by atoms with van der Waals surface area (Å²) in [5.74, 6) is -0.0602. The van der Waals surface area contributed by atoms with Gasteiger partial charge in [-0.3, -0.25) is 9.78 Å². The fourth-order valence-electron chi connectivity index (χ4n) is 2.55. The Morgan fingerprint density at radius 2 is 1.78 bits per heavy atom. The molecular formula is C18H18N4O. The SMILES string of the molecule is Cc1nn(-c2ccccc2)c(C)c1CC(=O)Nc1ccncc1. The number of nitrogens with zero attached hydrogens (tertiary/aromatic N) is 3. The van der Waals surface area contributed by atoms with Crippen LogP contribution in [0.4, 0.5) is 5.69 Å². The molecule has 0 spiro atoms. The van der Waals surface area contributed by atoms with Crippen LogP contribution in [0.1, 0.15) is 17.0 Å². The Morgan fingerprint density at radius 3 is 2.48 bits per heavy atom. The van der Waals surface area contributed by atoms with E-state index in [1.807, 2.05) is 48.9 Å². The van der Waals surface area contributed by atoms with Crippen molar-refractivity contribution >= 4 is 11.6 Å². The summed E-state index contributed by atoms with van der Waals surface area (Å²) in [6, 6.07) is 13.5. The van der Waals surface area contributed by atoms with Crippen molar-refractivity contribution < 1.29 is 4.79 Å². The van der Waals surface area contributed by atoms with E-state index >= 15 is 0 Å². The van der Waals surface area contributed by atoms with Crippen LogP contribution < -0.4 is 5.32 Å². The van der Waals surface area contributed by atoms with Crippen molar-refractivity contribution in [3.8, 4) is 5.69 Å². The molecule has 0 saturated carbocycles. The zero-order valence-electron chi connectivity index (χ0n) is 13.2. The lowest BCUT2D eigenvalue weighted by Gasteiger charge is -2.06. The first kappa shape index (κ1) is 15.0. The minimum atomic E-state index is -0.0602. The Bertz CT molecular complexity index is 810. The molecule has 5 nitrogen and oxygen atoms in total. The Morgan fingerprint density at radius 1 is 1.09 bits per heavy atom. The lowest BCUT2D eigenvalue weighted by molar-refractivity contribution is -0.115. The average Bonchev–Trinajstić information content (AvgIpc) is 2.85. The van der Waals surface area contributed by atoms with Gasteiger partial charge in [0.2, 0.25) is 5.91 Å². The molecule has 116 valence electrons. The van der Waals surface area contributed by atoms with Gasteiger partial charge in [-0.1, -0.05) is 18.2 Å². The molecule has 0 bridgehead atoms. The minimum absolute atomic E-state index is 0.0602. The van der Waals surface area contributed by atoms with Gasteiger partial charge in [0.25, 0.3) is 0 Å². The number of anilines is 1. The highest BCUT2D eigenvalue weighted by Crippen LogP contribution is 2.19. The molecule has 0 radical (unpaired) electrons. The van der Waals surface area contributed by atoms with Crippen LogP contribution in [-0.4, -0.2) is 20.7 Å². The number of aromatic nitrogens is 3. The van der Waals surface area contributed by atoms with Gasteiger partial charge in [0.05, 0.1) is 17.8 Å². The quantitative estimate of drug-likeness (QED) is 0.806. The fraction of sp³-hybridized carbons (Fsp3) is 0.167. The number of rotatable bonds is 4. The molecule has 0 aliphatic heterocycles. The first-order chi connectivity index (χ1) is 11.1. The summed E-state index contributed by atoms with van der Waals surface area (Å²) in [7, 11) is 0. The van der Waals surface area contributed by atoms with E-state index in [-0.39, 0.29) is 5.91 Å². The fourth-order valence-corrected chi connectivity index (χ4v) is 2.55. The molecule has 2 aromatic heterocycles. The number of aryl methyl sites for hydroxylation is 1. The highest BCUT2D eigenvalue weighted by atomic mass is 16.1. The molecule has 3 rings (SSSR count). The monoisotopic (exact) mass is 306 g/mol. The van der Waals surface area contributed by atoms with Gasteiger partial charge in [-0.05, 0) is 38.1 Å². The zero-order valence-corrected chi connectivity index (χ0v) is 13.2. The number of amides is 1. The smallest absolute Gasteiger partial charge is 0.228 e. The van der Waals surface area contributed by atoms with Crippen LogP contribution >= 0.6 is 0 Å². The molecule has 23 heavy (non-hydrogen) atoms. The normalized spacial score (nSPS) is 10.5. The lowest BCUT2D eigenvalue weighted by atomic mass is 10.1. The maximum absolute atomic E-state index is 12.3. The molecule has 2 heterocycles. The van der Waals surface area contributed by atoms with Crippen LogP contribution in [0.5, 0.6) is 0 Å². The van der Waals surface area contributed by atoms with Crippen LogP contribution in [0.3, 0.4) is 0 Å². The standard InChI is InChI=1S/C18H18N4O/c1-13-17(12-18(23)20-15-8-10-19-11-9-15)14(2)22(21-13)16-6-4-3-5-7-16/h3-11H,12H2,1-2H3,(H,19,20,23). The Kier molecular flexibility index (Phi) is 4.19. The van der Waals surface area contributed by atoms with E-state index in [1.165, 1.54) is 0 Å². The number of para-hydroxylation sites is 1. The van der Waals surface area contributed by atoms with E-state index in [0.29, 0.717) is 6.42 Å². The van der Waals surface area contributed by atoms with Crippen LogP contribution in [0.15, 0.2) is 54.9 Å². The molecule has 1 N–H and O–H groups in total. The van der Waals surface area contributed by atoms with Gasteiger partial charge in [-0.25, -0.2) is 4.68 Å². The summed E-state index contributed by atoms with van der Waals surface area (Å²) in [4.78, 5) is 16.2. The number of hydrogen-bond acceptors (Lipinski definition) is 3. The van der Waals surface area contributed by atoms with E-state index in [2.05, 4.69) is 15.4 Å². The van der Waals surface area contributed by atoms with Crippen molar-refractivity contribution in [1.29, 1.82) is 0 Å². The van der Waals surface area contributed by atoms with Crippen LogP contribution in [-0.2, 0) is 11.2 Å². The molecule has 3 aromatic rings. The number of pyridine rings is 1. The second kappa shape index (κ2) is 6.44. The predicted octanol–water partition coefficient (Wildman–Crippen LogP) is 3.07. The lowest BCUT2D eigenvalue weighted by Crippen LogP contribution is -2.15. The summed E-state index contributed by atoms with van der Waals surface area (Å²) in [6.07, 6.45) is 3.60. The van der Waals surface area contributed by atoms with Crippen molar-refractivity contribution in [3.63, 3.8) is 0 Å². The maximum Gasteiger partial charge on any atom is 0.228 e. The third-order valence-electron chi connectivity index (χ3n) is 3.74. The molecule has 5 heteroatoms. The van der Waals surface area contributed by atoms with E-state index in [0.717, 1.165) is 28.3 Å². The summed E-state index contributed by atoms with van der Waals surface area (Å²) in [6.45, 7) is 3.92. The first-order valence-corrected chi connectivity index (χ1v) is 7.45. The van der Waals surface area contributed by atoms with E-state index in [9.17, 15) is 4.79 Å². The van der Waals surface area contributed by atoms with Gasteiger partial charge in [-0.15, -0.1) is 0 Å². The highest BCUT2D eigenvalue weighted by Gasteiger charge is 2.15. The van der Waals surface area contributed by atoms with Crippen molar-refractivity contribution in [1.82, 2.24) is 14.8 Å². The van der Waals surface area contributed by atoms with Crippen molar-refractivity contribution in [2.75, 3.05) is 5.32 Å². The van der Waals surface area contributed by atoms with Crippen LogP contribution in [0.25, 0.3) is 5.69 Å². The highest BCUT2D eigenvalue weighted by molar-refractivity contribution is 5.92. The number of carbonyl (C=O) groups excluding carboxylic acids is 1. The minimum Gasteiger partial charge on any atom is -0.326 e. The Labute approximate surface area is 135 Å². The second-order valence-corrected chi connectivity index (χ2v) is 5.36. The third-order valence-corrected chi connectivity index (χ3v) is 3.74. The number of hydrogen-bond donors (Lipinski definition) is 1. The van der Waals surface area contributed by atoms with Gasteiger partial charge >= 0.3 is 0 Å². The molecule has 1 amide bonds. The summed E-state index contributed by atoms with van der Waals surface area (Å²) < 4.78 is 1.88. The van der Waals surface area contributed by atoms with Gasteiger partial charge in [0, 0.05) is 29.3 Å². The van der Waals surface area contributed by atoms with E-state index < -0.39 is 0 Å². The first-order valence-electron chi connectivity index (χ1n) is 7.45. The Hall–Kier alpha value is -2.95. The van der Waals surface area contributed by atoms with Gasteiger partial charge in [-0.2, -0.15) is 5.10 Å². The van der Waals surface area contributed by atoms with Gasteiger partial charge < -0.3 is 5.32 Å². The van der Waals surface area contributed by atoms with E-state index in [1.54, 1.807) is 24.5 Å². The van der Waals surface area contributed by atoms with Crippen LogP contribution in [0.2, 0.25) is 0 Å². The molecule has 0 aliphatic carbocycles. The van der Waals surface area contributed by atoms with Gasteiger partial charge in [0.1, 0.15) is 0 Å². The van der Waals surface area contributed by atoms with Gasteiger partial charge in [0.15, 0.2) is 0 Å². The number of carbonyl (C=O) groups is 1. The van der Waals surface area contributed by atoms with Crippen molar-refractivity contribution in [2.24, 2.45) is 0 Å². The second-order valence-electron chi connectivity index (χ2n) is 5.36. The molecule has 0 aliphatic rings. The number of benzene rings is 1. The molecular weight excluding hydrogens is 288 g/mol. The van der Waals surface area contributed by atoms with Crippen LogP contribution in [0, 0.1) is 13.8 Å². The zero-order chi connectivity index (χ0) is 16.2. The van der Waals surface area contributed by atoms with Crippen molar-refractivity contribution in [2.45, 2.75) is 20.3 Å². The molecule has 0 fully saturated rings. The third kappa shape index (κ3) is 3.29. The molecule has 0 unspecified atom stereocenters. The topological polar surface area (TPSA) is 59.8 Å². The largest absolute Gasteiger partial charge is 0.326 e. The number of nitrogens with one attached hydrogen (secondary N) is 1. The summed E-state index contributed by atoms with van der Waals surface area (Å²) >= 11 is 0. The molecule has 0 atom stereocenters. The molecule has 1 aromatic carbocycles. The van der Waals surface area contributed by atoms with E-state index in [4.69, 9.17) is 0 Å². The summed E-state index contributed by atoms with van der Waals surface area (Å²) in [5, 5.41) is 7.45. The summed E-state index contributed by atoms with van der Waals surface area (Å²) in [5.41, 5.74) is 4.56. The predicted molar refractivity (Wildman–Crippen MR) is 89.6 cm³/mol.